The van der Waals surface area contributed by atoms with Crippen LogP contribution in [0.4, 0.5) is 18.9 Å². The van der Waals surface area contributed by atoms with Gasteiger partial charge in [0.1, 0.15) is 5.57 Å². The first-order valence-corrected chi connectivity index (χ1v) is 7.65. The number of alkyl halides is 3. The second-order valence-electron chi connectivity index (χ2n) is 5.55. The fraction of sp³-hybridized carbons (Fsp3) is 0.0526. The fourth-order valence-corrected chi connectivity index (χ4v) is 2.41. The second-order valence-corrected chi connectivity index (χ2v) is 5.55. The molecule has 0 aliphatic carbocycles. The highest BCUT2D eigenvalue weighted by molar-refractivity contribution is 6.25. The van der Waals surface area contributed by atoms with E-state index in [1.54, 1.807) is 30.3 Å². The van der Waals surface area contributed by atoms with Gasteiger partial charge >= 0.3 is 6.18 Å². The van der Waals surface area contributed by atoms with E-state index in [0.717, 1.165) is 18.2 Å². The first-order valence-electron chi connectivity index (χ1n) is 7.65. The summed E-state index contributed by atoms with van der Waals surface area (Å²) in [5, 5.41) is 14.0. The van der Waals surface area contributed by atoms with Crippen LogP contribution in [0.2, 0.25) is 0 Å². The summed E-state index contributed by atoms with van der Waals surface area (Å²) in [6.45, 7) is 0. The van der Waals surface area contributed by atoms with Gasteiger partial charge in [0.15, 0.2) is 5.76 Å². The van der Waals surface area contributed by atoms with Crippen molar-refractivity contribution in [3.05, 3.63) is 82.9 Å². The number of carbonyl (C=O) groups is 2. The van der Waals surface area contributed by atoms with E-state index in [2.05, 4.69) is 5.32 Å². The van der Waals surface area contributed by atoms with E-state index in [0.29, 0.717) is 5.69 Å². The molecule has 8 heteroatoms. The van der Waals surface area contributed by atoms with Crippen molar-refractivity contribution in [2.45, 2.75) is 6.18 Å². The number of aliphatic carboxylic acids is 1. The summed E-state index contributed by atoms with van der Waals surface area (Å²) in [4.78, 5) is 23.6. The van der Waals surface area contributed by atoms with Crippen molar-refractivity contribution < 1.29 is 32.6 Å². The normalized spacial score (nSPS) is 15.8. The fourth-order valence-electron chi connectivity index (χ4n) is 2.41. The zero-order valence-corrected chi connectivity index (χ0v) is 13.5. The number of anilines is 1. The third-order valence-corrected chi connectivity index (χ3v) is 3.64. The molecule has 27 heavy (non-hydrogen) atoms. The van der Waals surface area contributed by atoms with Gasteiger partial charge in [-0.1, -0.05) is 30.3 Å². The van der Waals surface area contributed by atoms with Crippen LogP contribution in [0.25, 0.3) is 6.08 Å². The SMILES string of the molecule is O=C([O-])C1=C(Nc2ccccc2)O/C(=C\c2cccc(C(F)(F)F)c2)C1=O. The predicted molar refractivity (Wildman–Crippen MR) is 87.6 cm³/mol. The number of hydrogen-bond donors (Lipinski definition) is 1. The Morgan fingerprint density at radius 2 is 1.78 bits per heavy atom. The maximum Gasteiger partial charge on any atom is 0.416 e. The maximum atomic E-state index is 12.8. The quantitative estimate of drug-likeness (QED) is 0.658. The second kappa shape index (κ2) is 6.99. The summed E-state index contributed by atoms with van der Waals surface area (Å²) in [5.41, 5.74) is -1.15. The molecule has 0 radical (unpaired) electrons. The number of rotatable bonds is 4. The highest BCUT2D eigenvalue weighted by Gasteiger charge is 2.33. The number of ketones is 1. The van der Waals surface area contributed by atoms with E-state index < -0.39 is 34.8 Å². The molecule has 0 unspecified atom stereocenters. The molecular formula is C19H11F3NO4-. The number of hydrogen-bond acceptors (Lipinski definition) is 5. The Hall–Kier alpha value is -3.55. The molecule has 0 saturated carbocycles. The van der Waals surface area contributed by atoms with Gasteiger partial charge in [-0.3, -0.25) is 4.79 Å². The summed E-state index contributed by atoms with van der Waals surface area (Å²) in [6.07, 6.45) is -3.51. The van der Waals surface area contributed by atoms with E-state index in [4.69, 9.17) is 4.74 Å². The Kier molecular flexibility index (Phi) is 4.72. The van der Waals surface area contributed by atoms with Gasteiger partial charge in [0.05, 0.1) is 11.5 Å². The van der Waals surface area contributed by atoms with Gasteiger partial charge in [-0.2, -0.15) is 13.2 Å². The van der Waals surface area contributed by atoms with E-state index in [9.17, 15) is 27.9 Å². The van der Waals surface area contributed by atoms with Crippen LogP contribution in [-0.4, -0.2) is 11.8 Å². The van der Waals surface area contributed by atoms with Crippen LogP contribution in [0, 0.1) is 0 Å². The van der Waals surface area contributed by atoms with E-state index in [1.165, 1.54) is 12.1 Å². The molecule has 0 bridgehead atoms. The minimum Gasteiger partial charge on any atom is -0.544 e. The number of carbonyl (C=O) groups excluding carboxylic acids is 2. The van der Waals surface area contributed by atoms with Gasteiger partial charge in [0.2, 0.25) is 11.7 Å². The van der Waals surface area contributed by atoms with Crippen LogP contribution in [0.3, 0.4) is 0 Å². The highest BCUT2D eigenvalue weighted by Crippen LogP contribution is 2.31. The van der Waals surface area contributed by atoms with Gasteiger partial charge in [0.25, 0.3) is 0 Å². The lowest BCUT2D eigenvalue weighted by Crippen LogP contribution is -2.28. The van der Waals surface area contributed by atoms with Crippen LogP contribution in [0.15, 0.2) is 71.8 Å². The number of nitrogens with one attached hydrogen (secondary N) is 1. The molecule has 0 fully saturated rings. The van der Waals surface area contributed by atoms with Crippen molar-refractivity contribution in [3.63, 3.8) is 0 Å². The van der Waals surface area contributed by atoms with Gasteiger partial charge in [-0.05, 0) is 35.9 Å². The van der Waals surface area contributed by atoms with E-state index in [-0.39, 0.29) is 11.4 Å². The van der Waals surface area contributed by atoms with Crippen molar-refractivity contribution in [2.75, 3.05) is 5.32 Å². The van der Waals surface area contributed by atoms with Crippen LogP contribution < -0.4 is 10.4 Å². The number of allylic oxidation sites excluding steroid dienone is 1. The molecular weight excluding hydrogens is 363 g/mol. The van der Waals surface area contributed by atoms with Crippen LogP contribution in [0.1, 0.15) is 11.1 Å². The lowest BCUT2D eigenvalue weighted by Gasteiger charge is -2.09. The lowest BCUT2D eigenvalue weighted by molar-refractivity contribution is -0.298. The Bertz CT molecular complexity index is 962. The van der Waals surface area contributed by atoms with Crippen LogP contribution in [0.5, 0.6) is 0 Å². The summed E-state index contributed by atoms with van der Waals surface area (Å²) in [7, 11) is 0. The summed E-state index contributed by atoms with van der Waals surface area (Å²) in [6, 6.07) is 12.5. The Labute approximate surface area is 151 Å². The van der Waals surface area contributed by atoms with Gasteiger partial charge in [0, 0.05) is 5.69 Å². The first-order chi connectivity index (χ1) is 12.8. The third-order valence-electron chi connectivity index (χ3n) is 3.64. The molecule has 1 aliphatic rings. The number of benzene rings is 2. The van der Waals surface area contributed by atoms with Crippen molar-refractivity contribution in [1.82, 2.24) is 0 Å². The van der Waals surface area contributed by atoms with Gasteiger partial charge < -0.3 is 20.0 Å². The van der Waals surface area contributed by atoms with Crippen molar-refractivity contribution >= 4 is 23.5 Å². The number of carboxylic acids is 1. The summed E-state index contributed by atoms with van der Waals surface area (Å²) in [5.74, 6) is -3.53. The monoisotopic (exact) mass is 374 g/mol. The average molecular weight is 374 g/mol. The number of ether oxygens (including phenoxy) is 1. The Morgan fingerprint density at radius 3 is 2.41 bits per heavy atom. The topological polar surface area (TPSA) is 78.5 Å². The summed E-state index contributed by atoms with van der Waals surface area (Å²) < 4.78 is 43.7. The number of Topliss-reactive ketones (excluding diaryl/α,β-unsaturated/α-hetero) is 1. The molecule has 1 heterocycles. The van der Waals surface area contributed by atoms with Crippen molar-refractivity contribution in [3.8, 4) is 0 Å². The first kappa shape index (κ1) is 18.2. The molecule has 138 valence electrons. The van der Waals surface area contributed by atoms with E-state index in [1.807, 2.05) is 0 Å². The highest BCUT2D eigenvalue weighted by atomic mass is 19.4. The minimum atomic E-state index is -4.55. The van der Waals surface area contributed by atoms with Crippen molar-refractivity contribution in [2.24, 2.45) is 0 Å². The zero-order valence-electron chi connectivity index (χ0n) is 13.5. The predicted octanol–water partition coefficient (Wildman–Crippen LogP) is 2.72. The molecule has 0 aromatic heterocycles. The van der Waals surface area contributed by atoms with Gasteiger partial charge in [-0.15, -0.1) is 0 Å². The molecule has 2 aromatic carbocycles. The molecule has 0 spiro atoms. The molecule has 1 aliphatic heterocycles. The average Bonchev–Trinajstić information content (AvgIpc) is 2.90. The smallest absolute Gasteiger partial charge is 0.416 e. The maximum absolute atomic E-state index is 12.8. The molecule has 3 rings (SSSR count). The zero-order chi connectivity index (χ0) is 19.6. The molecule has 2 aromatic rings. The summed E-state index contributed by atoms with van der Waals surface area (Å²) >= 11 is 0. The Morgan fingerprint density at radius 1 is 1.07 bits per heavy atom. The number of halogens is 3. The Balaban J connectivity index is 1.93. The molecule has 0 amide bonds. The van der Waals surface area contributed by atoms with Crippen LogP contribution >= 0.6 is 0 Å². The number of carboxylic acid groups (broad SMARTS) is 1. The molecule has 0 saturated heterocycles. The lowest BCUT2D eigenvalue weighted by atomic mass is 10.1. The standard InChI is InChI=1S/C19H12F3NO4/c20-19(21,22)12-6-4-5-11(9-12)10-14-16(24)15(18(25)26)17(27-14)23-13-7-2-1-3-8-13/h1-10,23H,(H,25,26)/p-1/b14-10-. The molecule has 0 atom stereocenters. The number of para-hydroxylation sites is 1. The van der Waals surface area contributed by atoms with E-state index >= 15 is 0 Å². The molecule has 5 nitrogen and oxygen atoms in total. The largest absolute Gasteiger partial charge is 0.544 e. The van der Waals surface area contributed by atoms with Gasteiger partial charge in [-0.25, -0.2) is 0 Å². The third kappa shape index (κ3) is 4.00. The minimum absolute atomic E-state index is 0.0341. The molecule has 1 N–H and O–H groups in total. The van der Waals surface area contributed by atoms with Crippen molar-refractivity contribution in [1.29, 1.82) is 0 Å². The van der Waals surface area contributed by atoms with Crippen LogP contribution in [-0.2, 0) is 20.5 Å².